The first kappa shape index (κ1) is 21.5. The molecule has 24 heavy (non-hydrogen) atoms. The molecule has 1 amide bonds. The van der Waals surface area contributed by atoms with Crippen molar-refractivity contribution in [2.75, 3.05) is 46.8 Å². The number of nitrogens with zero attached hydrogens (tertiary/aromatic N) is 3. The van der Waals surface area contributed by atoms with Crippen LogP contribution in [0.1, 0.15) is 39.0 Å². The zero-order valence-corrected chi connectivity index (χ0v) is 17.7. The topological polar surface area (TPSA) is 60.0 Å². The average molecular weight is 451 g/mol. The summed E-state index contributed by atoms with van der Waals surface area (Å²) in [5, 5.41) is 6.16. The Balaban J connectivity index is 0.00000288. The number of hydrogen-bond acceptors (Lipinski definition) is 3. The maximum atomic E-state index is 11.5. The molecular weight excluding hydrogens is 417 g/mol. The largest absolute Gasteiger partial charge is 0.359 e. The number of piperidine rings is 1. The van der Waals surface area contributed by atoms with E-state index in [1.54, 1.807) is 7.05 Å². The first-order valence-electron chi connectivity index (χ1n) is 9.08. The number of carbonyl (C=O) groups is 1. The Labute approximate surface area is 163 Å². The Morgan fingerprint density at radius 3 is 2.46 bits per heavy atom. The van der Waals surface area contributed by atoms with Gasteiger partial charge >= 0.3 is 0 Å². The highest BCUT2D eigenvalue weighted by atomic mass is 127. The predicted octanol–water partition coefficient (Wildman–Crippen LogP) is 1.51. The van der Waals surface area contributed by atoms with Gasteiger partial charge in [-0.15, -0.1) is 24.0 Å². The first-order chi connectivity index (χ1) is 11.1. The molecule has 7 heteroatoms. The second kappa shape index (κ2) is 11.1. The normalized spacial score (nSPS) is 23.0. The van der Waals surface area contributed by atoms with Crippen LogP contribution < -0.4 is 10.6 Å². The highest BCUT2D eigenvalue weighted by molar-refractivity contribution is 14.0. The van der Waals surface area contributed by atoms with Crippen LogP contribution in [0.4, 0.5) is 0 Å². The van der Waals surface area contributed by atoms with Crippen molar-refractivity contribution in [1.82, 2.24) is 20.4 Å². The molecule has 1 unspecified atom stereocenters. The zero-order chi connectivity index (χ0) is 16.7. The lowest BCUT2D eigenvalue weighted by Gasteiger charge is -2.34. The van der Waals surface area contributed by atoms with Crippen LogP contribution in [0.15, 0.2) is 4.99 Å². The van der Waals surface area contributed by atoms with Gasteiger partial charge < -0.3 is 20.4 Å². The smallest absolute Gasteiger partial charge is 0.220 e. The van der Waals surface area contributed by atoms with Gasteiger partial charge in [0.25, 0.3) is 0 Å². The van der Waals surface area contributed by atoms with Crippen molar-refractivity contribution in [3.05, 3.63) is 0 Å². The molecule has 0 aromatic rings. The molecule has 1 atom stereocenters. The molecule has 0 bridgehead atoms. The zero-order valence-electron chi connectivity index (χ0n) is 15.4. The Hall–Kier alpha value is -0.570. The number of guanidine groups is 1. The van der Waals surface area contributed by atoms with Gasteiger partial charge in [-0.2, -0.15) is 0 Å². The molecule has 0 spiro atoms. The SMILES string of the molecule is CCNC(=NCC1CCCN1C)N1CCC(CC(=O)NC)CC1.I. The maximum Gasteiger partial charge on any atom is 0.220 e. The molecule has 0 aliphatic carbocycles. The molecule has 2 fully saturated rings. The van der Waals surface area contributed by atoms with Gasteiger partial charge in [-0.1, -0.05) is 0 Å². The van der Waals surface area contributed by atoms with Crippen LogP contribution in [-0.2, 0) is 4.79 Å². The summed E-state index contributed by atoms with van der Waals surface area (Å²) in [4.78, 5) is 21.2. The van der Waals surface area contributed by atoms with Gasteiger partial charge in [-0.25, -0.2) is 0 Å². The van der Waals surface area contributed by atoms with Crippen LogP contribution in [0, 0.1) is 5.92 Å². The van der Waals surface area contributed by atoms with E-state index in [1.165, 1.54) is 19.4 Å². The summed E-state index contributed by atoms with van der Waals surface area (Å²) < 4.78 is 0. The lowest BCUT2D eigenvalue weighted by molar-refractivity contribution is -0.121. The van der Waals surface area contributed by atoms with Gasteiger partial charge in [-0.05, 0) is 52.1 Å². The Bertz CT molecular complexity index is 410. The third-order valence-corrected chi connectivity index (χ3v) is 5.13. The summed E-state index contributed by atoms with van der Waals surface area (Å²) in [6, 6.07) is 0.592. The molecule has 2 saturated heterocycles. The highest BCUT2D eigenvalue weighted by Gasteiger charge is 2.24. The fraction of sp³-hybridized carbons (Fsp3) is 0.882. The first-order valence-corrected chi connectivity index (χ1v) is 9.08. The van der Waals surface area contributed by atoms with Crippen LogP contribution in [0.5, 0.6) is 0 Å². The highest BCUT2D eigenvalue weighted by Crippen LogP contribution is 2.21. The van der Waals surface area contributed by atoms with Crippen molar-refractivity contribution in [3.8, 4) is 0 Å². The number of hydrogen-bond donors (Lipinski definition) is 2. The van der Waals surface area contributed by atoms with E-state index in [0.29, 0.717) is 18.4 Å². The van der Waals surface area contributed by atoms with E-state index >= 15 is 0 Å². The lowest BCUT2D eigenvalue weighted by atomic mass is 9.93. The van der Waals surface area contributed by atoms with Gasteiger partial charge in [0, 0.05) is 39.1 Å². The minimum atomic E-state index is 0. The van der Waals surface area contributed by atoms with Gasteiger partial charge in [0.05, 0.1) is 6.54 Å². The number of likely N-dealkylation sites (tertiary alicyclic amines) is 2. The molecule has 0 radical (unpaired) electrons. The van der Waals surface area contributed by atoms with Crippen molar-refractivity contribution in [2.24, 2.45) is 10.9 Å². The fourth-order valence-corrected chi connectivity index (χ4v) is 3.54. The number of nitrogens with one attached hydrogen (secondary N) is 2. The van der Waals surface area contributed by atoms with E-state index in [4.69, 9.17) is 4.99 Å². The number of amides is 1. The second-order valence-corrected chi connectivity index (χ2v) is 6.78. The third kappa shape index (κ3) is 6.38. The molecule has 0 aromatic heterocycles. The summed E-state index contributed by atoms with van der Waals surface area (Å²) in [5.41, 5.74) is 0. The second-order valence-electron chi connectivity index (χ2n) is 6.78. The van der Waals surface area contributed by atoms with Gasteiger partial charge in [0.2, 0.25) is 5.91 Å². The summed E-state index contributed by atoms with van der Waals surface area (Å²) in [6.07, 6.45) is 5.35. The van der Waals surface area contributed by atoms with Gasteiger partial charge in [0.1, 0.15) is 0 Å². The minimum Gasteiger partial charge on any atom is -0.359 e. The standard InChI is InChI=1S/C17H33N5O.HI/c1-4-19-17(20-13-15-6-5-9-21(15)3)22-10-7-14(8-11-22)12-16(23)18-2;/h14-15H,4-13H2,1-3H3,(H,18,23)(H,19,20);1H. The van der Waals surface area contributed by atoms with Crippen LogP contribution in [0.25, 0.3) is 0 Å². The van der Waals surface area contributed by atoms with Crippen molar-refractivity contribution >= 4 is 35.8 Å². The Morgan fingerprint density at radius 1 is 1.21 bits per heavy atom. The van der Waals surface area contributed by atoms with Crippen molar-refractivity contribution in [2.45, 2.75) is 45.1 Å². The average Bonchev–Trinajstić information content (AvgIpc) is 2.97. The number of likely N-dealkylation sites (N-methyl/N-ethyl adjacent to an activating group) is 1. The molecule has 2 aliphatic rings. The van der Waals surface area contributed by atoms with Crippen molar-refractivity contribution in [3.63, 3.8) is 0 Å². The molecule has 2 heterocycles. The number of carbonyl (C=O) groups excluding carboxylic acids is 1. The Kier molecular flexibility index (Phi) is 9.95. The summed E-state index contributed by atoms with van der Waals surface area (Å²) >= 11 is 0. The quantitative estimate of drug-likeness (QED) is 0.378. The molecular formula is C17H34IN5O. The van der Waals surface area contributed by atoms with E-state index in [-0.39, 0.29) is 29.9 Å². The molecule has 2 N–H and O–H groups in total. The molecule has 6 nitrogen and oxygen atoms in total. The summed E-state index contributed by atoms with van der Waals surface area (Å²) in [7, 11) is 3.91. The molecule has 0 saturated carbocycles. The maximum absolute atomic E-state index is 11.5. The summed E-state index contributed by atoms with van der Waals surface area (Å²) in [5.74, 6) is 1.72. The fourth-order valence-electron chi connectivity index (χ4n) is 3.54. The third-order valence-electron chi connectivity index (χ3n) is 5.13. The molecule has 140 valence electrons. The van der Waals surface area contributed by atoms with Crippen molar-refractivity contribution < 1.29 is 4.79 Å². The van der Waals surface area contributed by atoms with Crippen LogP contribution in [0.3, 0.4) is 0 Å². The predicted molar refractivity (Wildman–Crippen MR) is 110 cm³/mol. The van der Waals surface area contributed by atoms with Gasteiger partial charge in [-0.3, -0.25) is 9.79 Å². The summed E-state index contributed by atoms with van der Waals surface area (Å²) in [6.45, 7) is 7.09. The van der Waals surface area contributed by atoms with E-state index in [1.807, 2.05) is 0 Å². The van der Waals surface area contributed by atoms with E-state index in [2.05, 4.69) is 34.4 Å². The van der Waals surface area contributed by atoms with Crippen molar-refractivity contribution in [1.29, 1.82) is 0 Å². The number of halogens is 1. The monoisotopic (exact) mass is 451 g/mol. The van der Waals surface area contributed by atoms with Crippen LogP contribution in [0.2, 0.25) is 0 Å². The number of rotatable bonds is 5. The van der Waals surface area contributed by atoms with E-state index in [0.717, 1.165) is 45.0 Å². The van der Waals surface area contributed by atoms with Crippen LogP contribution >= 0.6 is 24.0 Å². The van der Waals surface area contributed by atoms with Gasteiger partial charge in [0.15, 0.2) is 5.96 Å². The minimum absolute atomic E-state index is 0. The lowest BCUT2D eigenvalue weighted by Crippen LogP contribution is -2.46. The molecule has 2 aliphatic heterocycles. The Morgan fingerprint density at radius 2 is 1.92 bits per heavy atom. The van der Waals surface area contributed by atoms with E-state index < -0.39 is 0 Å². The molecule has 2 rings (SSSR count). The van der Waals surface area contributed by atoms with E-state index in [9.17, 15) is 4.79 Å². The number of aliphatic imine (C=N–C) groups is 1. The van der Waals surface area contributed by atoms with Crippen LogP contribution in [-0.4, -0.2) is 74.5 Å². The molecule has 0 aromatic carbocycles.